The highest BCUT2D eigenvalue weighted by molar-refractivity contribution is 9.10. The van der Waals surface area contributed by atoms with Crippen LogP contribution < -0.4 is 4.90 Å². The molecule has 1 aromatic heterocycles. The summed E-state index contributed by atoms with van der Waals surface area (Å²) in [5.74, 6) is 0.926. The number of rotatable bonds is 4. The Morgan fingerprint density at radius 1 is 1.42 bits per heavy atom. The van der Waals surface area contributed by atoms with E-state index in [1.54, 1.807) is 0 Å². The summed E-state index contributed by atoms with van der Waals surface area (Å²) in [5, 5.41) is 7.25. The van der Waals surface area contributed by atoms with E-state index in [9.17, 15) is 0 Å². The highest BCUT2D eigenvalue weighted by Gasteiger charge is 2.28. The van der Waals surface area contributed by atoms with Gasteiger partial charge >= 0.3 is 0 Å². The smallest absolute Gasteiger partial charge is 0.226 e. The Hall–Kier alpha value is -1.14. The van der Waals surface area contributed by atoms with Gasteiger partial charge in [-0.15, -0.1) is 5.10 Å². The molecule has 0 radical (unpaired) electrons. The number of nitrogens with one attached hydrogen (secondary N) is 1. The molecule has 1 aliphatic rings. The van der Waals surface area contributed by atoms with E-state index in [0.29, 0.717) is 6.04 Å². The Morgan fingerprint density at radius 2 is 2.11 bits per heavy atom. The van der Waals surface area contributed by atoms with Gasteiger partial charge in [-0.25, -0.2) is 5.10 Å². The maximum Gasteiger partial charge on any atom is 0.226 e. The Kier molecular flexibility index (Phi) is 3.45. The van der Waals surface area contributed by atoms with Gasteiger partial charge in [0.25, 0.3) is 0 Å². The van der Waals surface area contributed by atoms with Crippen molar-refractivity contribution in [3.05, 3.63) is 39.1 Å². The number of aromatic amines is 1. The number of H-pyrrole nitrogens is 1. The average molecular weight is 339 g/mol. The Labute approximate surface area is 125 Å². The van der Waals surface area contributed by atoms with Crippen molar-refractivity contribution in [2.75, 3.05) is 11.9 Å². The zero-order valence-corrected chi connectivity index (χ0v) is 13.0. The number of anilines is 1. The Balaban J connectivity index is 1.82. The first kappa shape index (κ1) is 12.9. The molecule has 1 aromatic carbocycles. The van der Waals surface area contributed by atoms with Crippen LogP contribution in [0, 0.1) is 4.77 Å². The topological polar surface area (TPSA) is 36.9 Å². The van der Waals surface area contributed by atoms with Crippen LogP contribution in [0.3, 0.4) is 0 Å². The zero-order chi connectivity index (χ0) is 13.4. The van der Waals surface area contributed by atoms with Crippen LogP contribution >= 0.6 is 28.1 Å². The maximum absolute atomic E-state index is 5.30. The van der Waals surface area contributed by atoms with E-state index in [-0.39, 0.29) is 0 Å². The van der Waals surface area contributed by atoms with Crippen molar-refractivity contribution < 1.29 is 0 Å². The van der Waals surface area contributed by atoms with Crippen molar-refractivity contribution in [1.82, 2.24) is 14.8 Å². The predicted molar refractivity (Wildman–Crippen MR) is 81.9 cm³/mol. The van der Waals surface area contributed by atoms with Crippen molar-refractivity contribution in [3.8, 4) is 0 Å². The maximum atomic E-state index is 5.30. The lowest BCUT2D eigenvalue weighted by Gasteiger charge is -2.18. The predicted octanol–water partition coefficient (Wildman–Crippen LogP) is 3.67. The van der Waals surface area contributed by atoms with Gasteiger partial charge < -0.3 is 4.90 Å². The van der Waals surface area contributed by atoms with Crippen LogP contribution in [0.25, 0.3) is 0 Å². The van der Waals surface area contributed by atoms with Gasteiger partial charge in [0.2, 0.25) is 5.95 Å². The van der Waals surface area contributed by atoms with Gasteiger partial charge in [-0.05, 0) is 42.8 Å². The molecule has 1 saturated carbocycles. The van der Waals surface area contributed by atoms with Crippen LogP contribution in [0.2, 0.25) is 0 Å². The van der Waals surface area contributed by atoms with Crippen LogP contribution in [0.5, 0.6) is 0 Å². The fraction of sp³-hybridized carbons (Fsp3) is 0.385. The van der Waals surface area contributed by atoms with Crippen molar-refractivity contribution in [1.29, 1.82) is 0 Å². The molecule has 1 aliphatic carbocycles. The molecule has 4 nitrogen and oxygen atoms in total. The van der Waals surface area contributed by atoms with Gasteiger partial charge in [-0.2, -0.15) is 0 Å². The van der Waals surface area contributed by atoms with E-state index in [1.807, 2.05) is 7.05 Å². The third-order valence-corrected chi connectivity index (χ3v) is 4.09. The number of halogens is 1. The standard InChI is InChI=1S/C13H15BrN4S/c1-17(8-9-2-4-10(14)5-3-9)12-15-16-13(19)18(12)11-6-7-11/h2-5,11H,6-8H2,1H3,(H,16,19). The molecule has 6 heteroatoms. The van der Waals surface area contributed by atoms with Crippen molar-refractivity contribution in [3.63, 3.8) is 0 Å². The molecular formula is C13H15BrN4S. The van der Waals surface area contributed by atoms with Gasteiger partial charge in [0.05, 0.1) is 0 Å². The van der Waals surface area contributed by atoms with Gasteiger partial charge in [0.1, 0.15) is 0 Å². The molecule has 0 bridgehead atoms. The number of aromatic nitrogens is 3. The van der Waals surface area contributed by atoms with Gasteiger partial charge in [0, 0.05) is 24.1 Å². The molecule has 1 heterocycles. The lowest BCUT2D eigenvalue weighted by Crippen LogP contribution is -2.20. The summed E-state index contributed by atoms with van der Waals surface area (Å²) in [6.45, 7) is 0.819. The second-order valence-electron chi connectivity index (χ2n) is 4.91. The van der Waals surface area contributed by atoms with Crippen LogP contribution in [-0.2, 0) is 6.54 Å². The fourth-order valence-corrected chi connectivity index (χ4v) is 2.70. The molecule has 0 saturated heterocycles. The van der Waals surface area contributed by atoms with Crippen LogP contribution in [0.15, 0.2) is 28.7 Å². The summed E-state index contributed by atoms with van der Waals surface area (Å²) in [7, 11) is 2.05. The fourth-order valence-electron chi connectivity index (χ4n) is 2.16. The molecule has 1 N–H and O–H groups in total. The number of hydrogen-bond acceptors (Lipinski definition) is 3. The largest absolute Gasteiger partial charge is 0.340 e. The highest BCUT2D eigenvalue weighted by Crippen LogP contribution is 2.37. The van der Waals surface area contributed by atoms with Gasteiger partial charge in [-0.3, -0.25) is 4.57 Å². The minimum absolute atomic E-state index is 0.536. The van der Waals surface area contributed by atoms with Crippen molar-refractivity contribution in [2.45, 2.75) is 25.4 Å². The molecule has 100 valence electrons. The minimum atomic E-state index is 0.536. The van der Waals surface area contributed by atoms with Crippen molar-refractivity contribution in [2.24, 2.45) is 0 Å². The molecule has 0 aliphatic heterocycles. The summed E-state index contributed by atoms with van der Waals surface area (Å²) in [4.78, 5) is 2.13. The normalized spacial score (nSPS) is 14.6. The molecule has 2 aromatic rings. The lowest BCUT2D eigenvalue weighted by atomic mass is 10.2. The molecule has 1 fully saturated rings. The summed E-state index contributed by atoms with van der Waals surface area (Å²) in [6, 6.07) is 8.88. The van der Waals surface area contributed by atoms with E-state index in [1.165, 1.54) is 18.4 Å². The molecule has 0 spiro atoms. The number of hydrogen-bond donors (Lipinski definition) is 1. The van der Waals surface area contributed by atoms with Gasteiger partial charge in [-0.1, -0.05) is 28.1 Å². The first-order chi connectivity index (χ1) is 9.15. The van der Waals surface area contributed by atoms with Crippen LogP contribution in [-0.4, -0.2) is 21.8 Å². The second-order valence-corrected chi connectivity index (χ2v) is 6.21. The van der Waals surface area contributed by atoms with E-state index in [4.69, 9.17) is 12.2 Å². The minimum Gasteiger partial charge on any atom is -0.340 e. The first-order valence-corrected chi connectivity index (χ1v) is 7.48. The van der Waals surface area contributed by atoms with E-state index < -0.39 is 0 Å². The molecule has 3 rings (SSSR count). The second kappa shape index (κ2) is 5.09. The highest BCUT2D eigenvalue weighted by atomic mass is 79.9. The summed E-state index contributed by atoms with van der Waals surface area (Å²) < 4.78 is 3.95. The van der Waals surface area contributed by atoms with E-state index >= 15 is 0 Å². The summed E-state index contributed by atoms with van der Waals surface area (Å²) in [6.07, 6.45) is 2.40. The first-order valence-electron chi connectivity index (χ1n) is 6.27. The lowest BCUT2D eigenvalue weighted by molar-refractivity contribution is 0.700. The Bertz CT molecular complexity index is 627. The third-order valence-electron chi connectivity index (χ3n) is 3.27. The molecule has 0 amide bonds. The summed E-state index contributed by atoms with van der Waals surface area (Å²) in [5.41, 5.74) is 1.25. The van der Waals surface area contributed by atoms with E-state index in [2.05, 4.69) is 59.9 Å². The molecular weight excluding hydrogens is 324 g/mol. The zero-order valence-electron chi connectivity index (χ0n) is 10.6. The number of benzene rings is 1. The number of nitrogens with zero attached hydrogens (tertiary/aromatic N) is 3. The molecule has 0 atom stereocenters. The van der Waals surface area contributed by atoms with Crippen LogP contribution in [0.1, 0.15) is 24.4 Å². The van der Waals surface area contributed by atoms with Crippen molar-refractivity contribution >= 4 is 34.1 Å². The quantitative estimate of drug-likeness (QED) is 0.864. The van der Waals surface area contributed by atoms with Gasteiger partial charge in [0.15, 0.2) is 4.77 Å². The molecule has 0 unspecified atom stereocenters. The monoisotopic (exact) mass is 338 g/mol. The molecule has 19 heavy (non-hydrogen) atoms. The summed E-state index contributed by atoms with van der Waals surface area (Å²) >= 11 is 8.75. The van der Waals surface area contributed by atoms with E-state index in [0.717, 1.165) is 21.7 Å². The SMILES string of the molecule is CN(Cc1ccc(Br)cc1)c1n[nH]c(=S)n1C1CC1. The van der Waals surface area contributed by atoms with Crippen LogP contribution in [0.4, 0.5) is 5.95 Å². The Morgan fingerprint density at radius 3 is 2.74 bits per heavy atom. The third kappa shape index (κ3) is 2.74. The average Bonchev–Trinajstić information content (AvgIpc) is 3.15.